The highest BCUT2D eigenvalue weighted by molar-refractivity contribution is 5.93. The molecule has 0 bridgehead atoms. The van der Waals surface area contributed by atoms with Gasteiger partial charge in [0.1, 0.15) is 5.69 Å². The van der Waals surface area contributed by atoms with Gasteiger partial charge in [0.25, 0.3) is 5.91 Å². The highest BCUT2D eigenvalue weighted by Crippen LogP contribution is 2.18. The molecular weight excluding hydrogens is 312 g/mol. The van der Waals surface area contributed by atoms with Crippen molar-refractivity contribution in [2.24, 2.45) is 5.92 Å². The van der Waals surface area contributed by atoms with Crippen LogP contribution in [-0.2, 0) is 4.79 Å². The van der Waals surface area contributed by atoms with Crippen LogP contribution < -0.4 is 5.32 Å². The Bertz CT molecular complexity index is 595. The Balaban J connectivity index is 1.86. The lowest BCUT2D eigenvalue weighted by Gasteiger charge is -2.31. The molecule has 0 saturated carbocycles. The summed E-state index contributed by atoms with van der Waals surface area (Å²) in [5.41, 5.74) is -0.0835. The first kappa shape index (κ1) is 17.8. The van der Waals surface area contributed by atoms with Crippen molar-refractivity contribution in [2.75, 3.05) is 19.6 Å². The fourth-order valence-electron chi connectivity index (χ4n) is 2.59. The lowest BCUT2D eigenvalue weighted by atomic mass is 9.95. The number of carbonyl (C=O) groups is 3. The van der Waals surface area contributed by atoms with Crippen LogP contribution in [0.1, 0.15) is 53.6 Å². The predicted octanol–water partition coefficient (Wildman–Crippen LogP) is 0.943. The molecule has 0 radical (unpaired) electrons. The zero-order valence-corrected chi connectivity index (χ0v) is 13.7. The first-order valence-corrected chi connectivity index (χ1v) is 8.15. The summed E-state index contributed by atoms with van der Waals surface area (Å²) in [5.74, 6) is -1.48. The van der Waals surface area contributed by atoms with Crippen molar-refractivity contribution in [3.05, 3.63) is 23.8 Å². The molecule has 0 atom stereocenters. The van der Waals surface area contributed by atoms with E-state index in [0.29, 0.717) is 32.5 Å². The van der Waals surface area contributed by atoms with Crippen LogP contribution in [0.4, 0.5) is 0 Å². The molecule has 0 aromatic carbocycles. The van der Waals surface area contributed by atoms with Gasteiger partial charge in [-0.1, -0.05) is 13.3 Å². The van der Waals surface area contributed by atoms with Gasteiger partial charge in [-0.2, -0.15) is 0 Å². The van der Waals surface area contributed by atoms with E-state index in [0.717, 1.165) is 19.0 Å². The predicted molar refractivity (Wildman–Crippen MR) is 85.5 cm³/mol. The molecule has 2 N–H and O–H groups in total. The number of unbranched alkanes of at least 4 members (excludes halogenated alkanes) is 1. The maximum absolute atomic E-state index is 12.3. The van der Waals surface area contributed by atoms with Crippen molar-refractivity contribution in [1.82, 2.24) is 20.2 Å². The normalized spacial score (nSPS) is 15.1. The van der Waals surface area contributed by atoms with Gasteiger partial charge in [0.05, 0.1) is 12.4 Å². The second-order valence-corrected chi connectivity index (χ2v) is 5.80. The van der Waals surface area contributed by atoms with E-state index >= 15 is 0 Å². The minimum absolute atomic E-state index is 0.0566. The number of carboxylic acid groups (broad SMARTS) is 1. The van der Waals surface area contributed by atoms with E-state index in [1.807, 2.05) is 0 Å². The molecule has 1 aromatic heterocycles. The Morgan fingerprint density at radius 2 is 1.83 bits per heavy atom. The van der Waals surface area contributed by atoms with Gasteiger partial charge in [-0.15, -0.1) is 0 Å². The molecule has 8 heteroatoms. The Labute approximate surface area is 140 Å². The van der Waals surface area contributed by atoms with E-state index in [9.17, 15) is 14.4 Å². The first-order valence-electron chi connectivity index (χ1n) is 8.15. The third-order valence-corrected chi connectivity index (χ3v) is 4.07. The van der Waals surface area contributed by atoms with Crippen LogP contribution in [0.2, 0.25) is 0 Å². The van der Waals surface area contributed by atoms with Crippen LogP contribution in [0.25, 0.3) is 0 Å². The van der Waals surface area contributed by atoms with E-state index in [1.54, 1.807) is 4.90 Å². The number of aromatic carboxylic acids is 1. The number of piperidine rings is 1. The zero-order valence-electron chi connectivity index (χ0n) is 13.7. The van der Waals surface area contributed by atoms with E-state index in [1.165, 1.54) is 6.20 Å². The summed E-state index contributed by atoms with van der Waals surface area (Å²) in [4.78, 5) is 44.3. The van der Waals surface area contributed by atoms with E-state index in [2.05, 4.69) is 22.2 Å². The molecule has 1 aliphatic rings. The highest BCUT2D eigenvalue weighted by atomic mass is 16.4. The van der Waals surface area contributed by atoms with Crippen molar-refractivity contribution in [1.29, 1.82) is 0 Å². The number of carbonyl (C=O) groups excluding carboxylic acids is 2. The van der Waals surface area contributed by atoms with Gasteiger partial charge in [-0.05, 0) is 19.3 Å². The summed E-state index contributed by atoms with van der Waals surface area (Å²) in [5, 5.41) is 11.7. The van der Waals surface area contributed by atoms with Crippen LogP contribution >= 0.6 is 0 Å². The average Bonchev–Trinajstić information content (AvgIpc) is 2.61. The number of rotatable bonds is 6. The lowest BCUT2D eigenvalue weighted by Crippen LogP contribution is -2.43. The molecule has 2 amide bonds. The molecular formula is C16H22N4O4. The number of hydrogen-bond acceptors (Lipinski definition) is 5. The molecule has 8 nitrogen and oxygen atoms in total. The van der Waals surface area contributed by atoms with Gasteiger partial charge in [-0.3, -0.25) is 9.59 Å². The number of nitrogens with zero attached hydrogens (tertiary/aromatic N) is 3. The largest absolute Gasteiger partial charge is 0.476 e. The Morgan fingerprint density at radius 1 is 1.21 bits per heavy atom. The average molecular weight is 334 g/mol. The van der Waals surface area contributed by atoms with Crippen molar-refractivity contribution >= 4 is 17.8 Å². The molecule has 2 rings (SSSR count). The standard InChI is InChI=1S/C16H22N4O4/c1-2-3-6-17-14(21)11-4-7-20(8-5-11)15(22)12-9-19-13(10-18-12)16(23)24/h9-11H,2-8H2,1H3,(H,17,21)(H,23,24). The smallest absolute Gasteiger partial charge is 0.356 e. The number of aromatic nitrogens is 2. The Hall–Kier alpha value is -2.51. The summed E-state index contributed by atoms with van der Waals surface area (Å²) in [7, 11) is 0. The Morgan fingerprint density at radius 3 is 2.38 bits per heavy atom. The number of amides is 2. The molecule has 1 fully saturated rings. The van der Waals surface area contributed by atoms with Gasteiger partial charge >= 0.3 is 5.97 Å². The highest BCUT2D eigenvalue weighted by Gasteiger charge is 2.28. The van der Waals surface area contributed by atoms with Crippen molar-refractivity contribution < 1.29 is 19.5 Å². The lowest BCUT2D eigenvalue weighted by molar-refractivity contribution is -0.126. The molecule has 2 heterocycles. The topological polar surface area (TPSA) is 112 Å². The van der Waals surface area contributed by atoms with Gasteiger partial charge in [0, 0.05) is 25.6 Å². The number of likely N-dealkylation sites (tertiary alicyclic amines) is 1. The van der Waals surface area contributed by atoms with Gasteiger partial charge in [0.2, 0.25) is 5.91 Å². The maximum Gasteiger partial charge on any atom is 0.356 e. The van der Waals surface area contributed by atoms with E-state index in [4.69, 9.17) is 5.11 Å². The minimum atomic E-state index is -1.18. The summed E-state index contributed by atoms with van der Waals surface area (Å²) in [6, 6.07) is 0. The molecule has 0 aliphatic carbocycles. The fraction of sp³-hybridized carbons (Fsp3) is 0.562. The molecule has 0 spiro atoms. The van der Waals surface area contributed by atoms with Crippen molar-refractivity contribution in [3.8, 4) is 0 Å². The van der Waals surface area contributed by atoms with Crippen molar-refractivity contribution in [3.63, 3.8) is 0 Å². The molecule has 130 valence electrons. The second-order valence-electron chi connectivity index (χ2n) is 5.80. The second kappa shape index (κ2) is 8.37. The zero-order chi connectivity index (χ0) is 17.5. The monoisotopic (exact) mass is 334 g/mol. The number of nitrogens with one attached hydrogen (secondary N) is 1. The van der Waals surface area contributed by atoms with Crippen LogP contribution in [-0.4, -0.2) is 57.4 Å². The van der Waals surface area contributed by atoms with Crippen LogP contribution in [0.3, 0.4) is 0 Å². The SMILES string of the molecule is CCCCNC(=O)C1CCN(C(=O)c2cnc(C(=O)O)cn2)CC1. The summed E-state index contributed by atoms with van der Waals surface area (Å²) < 4.78 is 0. The summed E-state index contributed by atoms with van der Waals surface area (Å²) in [6.45, 7) is 3.72. The van der Waals surface area contributed by atoms with E-state index < -0.39 is 5.97 Å². The van der Waals surface area contributed by atoms with Crippen LogP contribution in [0.15, 0.2) is 12.4 Å². The van der Waals surface area contributed by atoms with Crippen molar-refractivity contribution in [2.45, 2.75) is 32.6 Å². The van der Waals surface area contributed by atoms with Crippen LogP contribution in [0, 0.1) is 5.92 Å². The quantitative estimate of drug-likeness (QED) is 0.749. The number of carboxylic acids is 1. The molecule has 0 unspecified atom stereocenters. The number of hydrogen-bond donors (Lipinski definition) is 2. The summed E-state index contributed by atoms with van der Waals surface area (Å²) >= 11 is 0. The third kappa shape index (κ3) is 4.50. The van der Waals surface area contributed by atoms with Gasteiger partial charge in [-0.25, -0.2) is 14.8 Å². The summed E-state index contributed by atoms with van der Waals surface area (Å²) in [6.07, 6.45) is 5.48. The first-order chi connectivity index (χ1) is 11.5. The minimum Gasteiger partial charge on any atom is -0.476 e. The molecule has 1 aromatic rings. The molecule has 24 heavy (non-hydrogen) atoms. The maximum atomic E-state index is 12.3. The van der Waals surface area contributed by atoms with Crippen LogP contribution in [0.5, 0.6) is 0 Å². The molecule has 1 saturated heterocycles. The Kier molecular flexibility index (Phi) is 6.22. The fourth-order valence-corrected chi connectivity index (χ4v) is 2.59. The third-order valence-electron chi connectivity index (χ3n) is 4.07. The molecule has 1 aliphatic heterocycles. The van der Waals surface area contributed by atoms with E-state index in [-0.39, 0.29) is 29.1 Å². The van der Waals surface area contributed by atoms with Gasteiger partial charge < -0.3 is 15.3 Å². The van der Waals surface area contributed by atoms with Gasteiger partial charge in [0.15, 0.2) is 5.69 Å².